The average molecular weight is 460 g/mol. The molecule has 180 valence electrons. The Morgan fingerprint density at radius 2 is 1.30 bits per heavy atom. The van der Waals surface area contributed by atoms with Crippen LogP contribution in [0.1, 0.15) is 49.3 Å². The molecule has 2 rings (SSSR count). The summed E-state index contributed by atoms with van der Waals surface area (Å²) in [5.74, 6) is -4.65. The summed E-state index contributed by atoms with van der Waals surface area (Å²) < 4.78 is 0. The van der Waals surface area contributed by atoms with E-state index in [9.17, 15) is 15.0 Å². The highest BCUT2D eigenvalue weighted by molar-refractivity contribution is 6.27. The third-order valence-electron chi connectivity index (χ3n) is 5.04. The maximum Gasteiger partial charge on any atom is 0.414 e. The van der Waals surface area contributed by atoms with Crippen LogP contribution in [0.2, 0.25) is 0 Å². The lowest BCUT2D eigenvalue weighted by Gasteiger charge is -2.13. The van der Waals surface area contributed by atoms with Gasteiger partial charge in [-0.15, -0.1) is 0 Å². The molecular weight excluding hydrogens is 426 g/mol. The van der Waals surface area contributed by atoms with E-state index in [1.807, 2.05) is 60.7 Å². The van der Waals surface area contributed by atoms with Crippen LogP contribution in [0.25, 0.3) is 0 Å². The Labute approximate surface area is 193 Å². The summed E-state index contributed by atoms with van der Waals surface area (Å²) in [4.78, 5) is 29.7. The molecule has 8 nitrogen and oxygen atoms in total. The van der Waals surface area contributed by atoms with Gasteiger partial charge in [0.1, 0.15) is 0 Å². The molecule has 5 N–H and O–H groups in total. The Hall–Kier alpha value is -3.23. The van der Waals surface area contributed by atoms with Crippen LogP contribution < -0.4 is 5.32 Å². The maximum atomic E-state index is 11.5. The van der Waals surface area contributed by atoms with Crippen molar-refractivity contribution in [3.8, 4) is 0 Å². The fourth-order valence-corrected chi connectivity index (χ4v) is 3.24. The Bertz CT molecular complexity index is 815. The molecule has 0 saturated carbocycles. The molecule has 0 fully saturated rings. The van der Waals surface area contributed by atoms with Crippen LogP contribution in [0.4, 0.5) is 0 Å². The number of carbonyl (C=O) groups is 3. The van der Waals surface area contributed by atoms with Gasteiger partial charge in [0, 0.05) is 6.54 Å². The molecular formula is C25H33NO7. The van der Waals surface area contributed by atoms with Gasteiger partial charge in [-0.25, -0.2) is 9.59 Å². The van der Waals surface area contributed by atoms with E-state index in [0.717, 1.165) is 49.8 Å². The van der Waals surface area contributed by atoms with Crippen LogP contribution >= 0.6 is 0 Å². The summed E-state index contributed by atoms with van der Waals surface area (Å²) in [6, 6.07) is 19.5. The summed E-state index contributed by atoms with van der Waals surface area (Å²) in [5, 5.41) is 37.6. The molecule has 0 saturated heterocycles. The topological polar surface area (TPSA) is 144 Å². The van der Waals surface area contributed by atoms with Gasteiger partial charge in [0.15, 0.2) is 0 Å². The van der Waals surface area contributed by atoms with Gasteiger partial charge in [0.25, 0.3) is 0 Å². The Morgan fingerprint density at radius 3 is 1.85 bits per heavy atom. The van der Waals surface area contributed by atoms with E-state index in [1.165, 1.54) is 0 Å². The van der Waals surface area contributed by atoms with Gasteiger partial charge in [-0.05, 0) is 36.9 Å². The van der Waals surface area contributed by atoms with Crippen molar-refractivity contribution in [2.45, 2.75) is 44.6 Å². The van der Waals surface area contributed by atoms with Crippen molar-refractivity contribution >= 4 is 17.9 Å². The van der Waals surface area contributed by atoms with Gasteiger partial charge < -0.3 is 25.7 Å². The monoisotopic (exact) mass is 459 g/mol. The third kappa shape index (κ3) is 13.0. The maximum absolute atomic E-state index is 11.5. The predicted octanol–water partition coefficient (Wildman–Crippen LogP) is 3.36. The largest absolute Gasteiger partial charge is 0.481 e. The minimum Gasteiger partial charge on any atom is -0.481 e. The lowest BCUT2D eigenvalue weighted by Crippen LogP contribution is -2.22. The summed E-state index contributed by atoms with van der Waals surface area (Å²) in [6.07, 6.45) is 4.96. The van der Waals surface area contributed by atoms with Crippen molar-refractivity contribution in [2.75, 3.05) is 13.1 Å². The van der Waals surface area contributed by atoms with Crippen LogP contribution in [-0.2, 0) is 20.8 Å². The number of unbranched alkanes of at least 4 members (excludes halogenated alkanes) is 3. The molecule has 33 heavy (non-hydrogen) atoms. The van der Waals surface area contributed by atoms with Gasteiger partial charge in [-0.3, -0.25) is 4.79 Å². The van der Waals surface area contributed by atoms with Crippen LogP contribution in [-0.4, -0.2) is 51.4 Å². The van der Waals surface area contributed by atoms with Crippen molar-refractivity contribution in [2.24, 2.45) is 5.92 Å². The van der Waals surface area contributed by atoms with Crippen LogP contribution in [0.3, 0.4) is 0 Å². The first kappa shape index (κ1) is 27.8. The Kier molecular flexibility index (Phi) is 13.8. The standard InChI is InChI=1S/C23H31NO3.C2H2O4/c25-22(20-13-8-4-9-14-20)18-24-16-10-2-1-7-15-21(23(26)27)17-19-11-5-3-6-12-19;3-1(4)2(5)6/h3-6,8-9,11-14,21-22,24-25H,1-2,7,10,15-18H2,(H,26,27);(H,3,4)(H,5,6). The van der Waals surface area contributed by atoms with Gasteiger partial charge >= 0.3 is 17.9 Å². The molecule has 0 aliphatic carbocycles. The molecule has 8 heteroatoms. The molecule has 0 aliphatic rings. The van der Waals surface area contributed by atoms with E-state index < -0.39 is 24.0 Å². The van der Waals surface area contributed by atoms with E-state index in [0.29, 0.717) is 13.0 Å². The van der Waals surface area contributed by atoms with E-state index in [1.54, 1.807) is 0 Å². The van der Waals surface area contributed by atoms with Crippen LogP contribution in [0, 0.1) is 5.92 Å². The molecule has 2 unspecified atom stereocenters. The summed E-state index contributed by atoms with van der Waals surface area (Å²) in [7, 11) is 0. The molecule has 2 aromatic carbocycles. The van der Waals surface area contributed by atoms with E-state index in [4.69, 9.17) is 19.8 Å². The number of aliphatic hydroxyl groups is 1. The average Bonchev–Trinajstić information content (AvgIpc) is 2.81. The highest BCUT2D eigenvalue weighted by Gasteiger charge is 2.17. The van der Waals surface area contributed by atoms with Crippen molar-refractivity contribution in [3.63, 3.8) is 0 Å². The second-order valence-corrected chi connectivity index (χ2v) is 7.67. The molecule has 2 aromatic rings. The molecule has 0 bridgehead atoms. The smallest absolute Gasteiger partial charge is 0.414 e. The van der Waals surface area contributed by atoms with E-state index in [-0.39, 0.29) is 5.92 Å². The lowest BCUT2D eigenvalue weighted by molar-refractivity contribution is -0.159. The Balaban J connectivity index is 0.000000801. The number of benzene rings is 2. The van der Waals surface area contributed by atoms with Gasteiger partial charge in [0.05, 0.1) is 12.0 Å². The van der Waals surface area contributed by atoms with E-state index >= 15 is 0 Å². The third-order valence-corrected chi connectivity index (χ3v) is 5.04. The van der Waals surface area contributed by atoms with Crippen LogP contribution in [0.5, 0.6) is 0 Å². The SMILES string of the molecule is O=C(O)C(=O)O.O=C(O)C(CCCCCCNCC(O)c1ccccc1)Cc1ccccc1. The number of aliphatic carboxylic acids is 3. The van der Waals surface area contributed by atoms with Gasteiger partial charge in [0.2, 0.25) is 0 Å². The lowest BCUT2D eigenvalue weighted by atomic mass is 9.93. The van der Waals surface area contributed by atoms with Crippen molar-refractivity contribution in [1.82, 2.24) is 5.32 Å². The zero-order chi connectivity index (χ0) is 24.5. The second-order valence-electron chi connectivity index (χ2n) is 7.67. The van der Waals surface area contributed by atoms with Crippen molar-refractivity contribution in [1.29, 1.82) is 0 Å². The molecule has 2 atom stereocenters. The number of hydrogen-bond donors (Lipinski definition) is 5. The number of aliphatic hydroxyl groups excluding tert-OH is 1. The fourth-order valence-electron chi connectivity index (χ4n) is 3.24. The number of nitrogens with one attached hydrogen (secondary N) is 1. The number of carboxylic acids is 3. The quantitative estimate of drug-likeness (QED) is 0.227. The summed E-state index contributed by atoms with van der Waals surface area (Å²) in [6.45, 7) is 1.43. The summed E-state index contributed by atoms with van der Waals surface area (Å²) in [5.41, 5.74) is 2.02. The molecule has 0 aliphatic heterocycles. The summed E-state index contributed by atoms with van der Waals surface area (Å²) >= 11 is 0. The van der Waals surface area contributed by atoms with Gasteiger partial charge in [-0.1, -0.05) is 79.9 Å². The van der Waals surface area contributed by atoms with Crippen LogP contribution in [0.15, 0.2) is 60.7 Å². The number of hydrogen-bond acceptors (Lipinski definition) is 5. The normalized spacial score (nSPS) is 12.2. The minimum atomic E-state index is -1.82. The zero-order valence-electron chi connectivity index (χ0n) is 18.6. The molecule has 0 spiro atoms. The highest BCUT2D eigenvalue weighted by atomic mass is 16.4. The highest BCUT2D eigenvalue weighted by Crippen LogP contribution is 2.17. The van der Waals surface area contributed by atoms with E-state index in [2.05, 4.69) is 5.32 Å². The van der Waals surface area contributed by atoms with Crippen molar-refractivity contribution in [3.05, 3.63) is 71.8 Å². The minimum absolute atomic E-state index is 0.299. The first-order valence-corrected chi connectivity index (χ1v) is 11.0. The molecule has 0 radical (unpaired) electrons. The number of carboxylic acid groups (broad SMARTS) is 3. The fraction of sp³-hybridized carbons (Fsp3) is 0.400. The first-order valence-electron chi connectivity index (χ1n) is 11.0. The predicted molar refractivity (Wildman–Crippen MR) is 124 cm³/mol. The molecule has 0 heterocycles. The Morgan fingerprint density at radius 1 is 0.758 bits per heavy atom. The molecule has 0 amide bonds. The second kappa shape index (κ2) is 16.4. The zero-order valence-corrected chi connectivity index (χ0v) is 18.6. The number of rotatable bonds is 13. The molecule has 0 aromatic heterocycles. The van der Waals surface area contributed by atoms with Gasteiger partial charge in [-0.2, -0.15) is 0 Å². The van der Waals surface area contributed by atoms with Crippen molar-refractivity contribution < 1.29 is 34.8 Å². The first-order chi connectivity index (χ1) is 15.8.